The Bertz CT molecular complexity index is 377. The van der Waals surface area contributed by atoms with E-state index >= 15 is 0 Å². The molecule has 0 radical (unpaired) electrons. The monoisotopic (exact) mass is 212 g/mol. The highest BCUT2D eigenvalue weighted by Gasteiger charge is 1.99. The summed E-state index contributed by atoms with van der Waals surface area (Å²) < 4.78 is 12.7. The summed E-state index contributed by atoms with van der Waals surface area (Å²) >= 11 is 4.56. The summed E-state index contributed by atoms with van der Waals surface area (Å²) in [4.78, 5) is 3.42. The smallest absolute Gasteiger partial charge is 0.213 e. The van der Waals surface area contributed by atoms with Gasteiger partial charge in [0, 0.05) is 17.8 Å². The summed E-state index contributed by atoms with van der Waals surface area (Å²) in [6.07, 6.45) is 1.37. The minimum Gasteiger partial charge on any atom is -0.375 e. The van der Waals surface area contributed by atoms with Crippen molar-refractivity contribution < 1.29 is 4.39 Å². The van der Waals surface area contributed by atoms with Gasteiger partial charge in [0.05, 0.1) is 5.71 Å². The number of aromatic nitrogens is 1. The van der Waals surface area contributed by atoms with E-state index in [1.54, 1.807) is 13.0 Å². The molecule has 0 spiro atoms. The van der Waals surface area contributed by atoms with Crippen LogP contribution in [0.1, 0.15) is 12.5 Å². The van der Waals surface area contributed by atoms with Crippen molar-refractivity contribution in [1.29, 1.82) is 0 Å². The van der Waals surface area contributed by atoms with Crippen molar-refractivity contribution in [2.75, 3.05) is 0 Å². The molecule has 0 saturated carbocycles. The van der Waals surface area contributed by atoms with E-state index in [0.29, 0.717) is 11.3 Å². The van der Waals surface area contributed by atoms with Crippen LogP contribution < -0.4 is 11.2 Å². The van der Waals surface area contributed by atoms with Gasteiger partial charge in [-0.3, -0.25) is 5.43 Å². The highest BCUT2D eigenvalue weighted by molar-refractivity contribution is 7.80. The van der Waals surface area contributed by atoms with Crippen LogP contribution in [0.25, 0.3) is 0 Å². The van der Waals surface area contributed by atoms with Gasteiger partial charge in [0.2, 0.25) is 5.95 Å². The third kappa shape index (κ3) is 3.06. The van der Waals surface area contributed by atoms with E-state index in [1.807, 2.05) is 0 Å². The van der Waals surface area contributed by atoms with E-state index in [2.05, 4.69) is 27.7 Å². The molecule has 4 nitrogen and oxygen atoms in total. The molecule has 3 N–H and O–H groups in total. The SMILES string of the molecule is C/C(=N\NC(N)=S)c1ccnc(F)c1. The normalized spacial score (nSPS) is 11.1. The number of thiocarbonyl (C=S) groups is 1. The topological polar surface area (TPSA) is 63.3 Å². The Hall–Kier alpha value is -1.56. The maximum Gasteiger partial charge on any atom is 0.213 e. The highest BCUT2D eigenvalue weighted by atomic mass is 32.1. The Morgan fingerprint density at radius 3 is 3.00 bits per heavy atom. The number of rotatable bonds is 2. The van der Waals surface area contributed by atoms with Gasteiger partial charge in [0.15, 0.2) is 5.11 Å². The number of hydrogen-bond donors (Lipinski definition) is 2. The van der Waals surface area contributed by atoms with Crippen LogP contribution in [0.3, 0.4) is 0 Å². The van der Waals surface area contributed by atoms with Crippen LogP contribution in [0.2, 0.25) is 0 Å². The molecular weight excluding hydrogens is 203 g/mol. The van der Waals surface area contributed by atoms with Gasteiger partial charge < -0.3 is 5.73 Å². The largest absolute Gasteiger partial charge is 0.375 e. The highest BCUT2D eigenvalue weighted by Crippen LogP contribution is 2.01. The summed E-state index contributed by atoms with van der Waals surface area (Å²) in [7, 11) is 0. The number of nitrogens with zero attached hydrogens (tertiary/aromatic N) is 2. The van der Waals surface area contributed by atoms with Gasteiger partial charge in [0.1, 0.15) is 0 Å². The van der Waals surface area contributed by atoms with E-state index in [4.69, 9.17) is 5.73 Å². The number of halogens is 1. The lowest BCUT2D eigenvalue weighted by Gasteiger charge is -2.00. The summed E-state index contributed by atoms with van der Waals surface area (Å²) in [5.41, 5.74) is 8.80. The molecule has 0 saturated heterocycles. The number of pyridine rings is 1. The first-order valence-electron chi connectivity index (χ1n) is 3.81. The molecule has 0 unspecified atom stereocenters. The van der Waals surface area contributed by atoms with Crippen LogP contribution in [-0.4, -0.2) is 15.8 Å². The summed E-state index contributed by atoms with van der Waals surface area (Å²) in [5.74, 6) is -0.549. The van der Waals surface area contributed by atoms with E-state index in [-0.39, 0.29) is 5.11 Å². The minimum atomic E-state index is -0.549. The molecule has 1 rings (SSSR count). The van der Waals surface area contributed by atoms with Gasteiger partial charge >= 0.3 is 0 Å². The molecule has 0 aliphatic heterocycles. The van der Waals surface area contributed by atoms with Crippen LogP contribution in [0.15, 0.2) is 23.4 Å². The summed E-state index contributed by atoms with van der Waals surface area (Å²) in [6.45, 7) is 1.71. The molecule has 0 atom stereocenters. The minimum absolute atomic E-state index is 0.0684. The Morgan fingerprint density at radius 1 is 1.71 bits per heavy atom. The van der Waals surface area contributed by atoms with Crippen molar-refractivity contribution >= 4 is 23.0 Å². The maximum atomic E-state index is 12.7. The second-order valence-electron chi connectivity index (χ2n) is 2.54. The third-order valence-corrected chi connectivity index (χ3v) is 1.57. The average Bonchev–Trinajstić information content (AvgIpc) is 2.14. The first-order valence-corrected chi connectivity index (χ1v) is 4.22. The van der Waals surface area contributed by atoms with Crippen LogP contribution in [0.5, 0.6) is 0 Å². The molecule has 0 fully saturated rings. The molecule has 0 aliphatic carbocycles. The van der Waals surface area contributed by atoms with E-state index in [9.17, 15) is 4.39 Å². The lowest BCUT2D eigenvalue weighted by molar-refractivity contribution is 0.583. The number of nitrogens with one attached hydrogen (secondary N) is 1. The van der Waals surface area contributed by atoms with Gasteiger partial charge in [-0.1, -0.05) is 0 Å². The van der Waals surface area contributed by atoms with Gasteiger partial charge in [-0.2, -0.15) is 9.49 Å². The molecule has 0 amide bonds. The Morgan fingerprint density at radius 2 is 2.43 bits per heavy atom. The lowest BCUT2D eigenvalue weighted by atomic mass is 10.2. The van der Waals surface area contributed by atoms with Crippen molar-refractivity contribution in [2.45, 2.75) is 6.92 Å². The van der Waals surface area contributed by atoms with Gasteiger partial charge in [-0.15, -0.1) is 0 Å². The van der Waals surface area contributed by atoms with E-state index in [0.717, 1.165) is 0 Å². The van der Waals surface area contributed by atoms with Crippen LogP contribution in [0, 0.1) is 5.95 Å². The van der Waals surface area contributed by atoms with Gasteiger partial charge in [0.25, 0.3) is 0 Å². The van der Waals surface area contributed by atoms with Crippen molar-refractivity contribution in [3.05, 3.63) is 29.8 Å². The average molecular weight is 212 g/mol. The van der Waals surface area contributed by atoms with Crippen molar-refractivity contribution in [2.24, 2.45) is 10.8 Å². The fraction of sp³-hybridized carbons (Fsp3) is 0.125. The molecule has 0 aromatic carbocycles. The van der Waals surface area contributed by atoms with Crippen LogP contribution in [0.4, 0.5) is 4.39 Å². The molecule has 74 valence electrons. The fourth-order valence-electron chi connectivity index (χ4n) is 0.831. The number of hydrazone groups is 1. The zero-order valence-corrected chi connectivity index (χ0v) is 8.31. The van der Waals surface area contributed by atoms with E-state index in [1.165, 1.54) is 12.3 Å². The molecule has 0 bridgehead atoms. The van der Waals surface area contributed by atoms with Gasteiger partial charge in [-0.05, 0) is 25.2 Å². The predicted octanol–water partition coefficient (Wildman–Crippen LogP) is 0.778. The quantitative estimate of drug-likeness (QED) is 0.329. The number of hydrogen-bond acceptors (Lipinski definition) is 3. The summed E-state index contributed by atoms with van der Waals surface area (Å²) in [5, 5.41) is 3.91. The van der Waals surface area contributed by atoms with E-state index < -0.39 is 5.95 Å². The predicted molar refractivity (Wildman–Crippen MR) is 56.3 cm³/mol. The summed E-state index contributed by atoms with van der Waals surface area (Å²) in [6, 6.07) is 2.92. The lowest BCUT2D eigenvalue weighted by Crippen LogP contribution is -2.25. The fourth-order valence-corrected chi connectivity index (χ4v) is 0.877. The zero-order valence-electron chi connectivity index (χ0n) is 7.49. The maximum absolute atomic E-state index is 12.7. The second kappa shape index (κ2) is 4.61. The van der Waals surface area contributed by atoms with Gasteiger partial charge in [-0.25, -0.2) is 4.98 Å². The first-order chi connectivity index (χ1) is 6.59. The molecule has 0 aliphatic rings. The van der Waals surface area contributed by atoms with Crippen molar-refractivity contribution in [1.82, 2.24) is 10.4 Å². The zero-order chi connectivity index (χ0) is 10.6. The molecule has 6 heteroatoms. The van der Waals surface area contributed by atoms with Crippen molar-refractivity contribution in [3.8, 4) is 0 Å². The van der Waals surface area contributed by atoms with Crippen molar-refractivity contribution in [3.63, 3.8) is 0 Å². The molecule has 14 heavy (non-hydrogen) atoms. The number of nitrogens with two attached hydrogens (primary N) is 1. The standard InChI is InChI=1S/C8H9FN4S/c1-5(12-13-8(10)14)6-2-3-11-7(9)4-6/h2-4H,1H3,(H3,10,13,14)/b12-5+. The van der Waals surface area contributed by atoms with Crippen LogP contribution >= 0.6 is 12.2 Å². The molecule has 1 aromatic heterocycles. The Kier molecular flexibility index (Phi) is 3.47. The molecule has 1 heterocycles. The molecule has 1 aromatic rings. The Labute approximate surface area is 86.0 Å². The van der Waals surface area contributed by atoms with Crippen LogP contribution in [-0.2, 0) is 0 Å². The third-order valence-electron chi connectivity index (χ3n) is 1.48. The first kappa shape index (κ1) is 10.5. The molecular formula is C8H9FN4S. The second-order valence-corrected chi connectivity index (χ2v) is 2.98. The Balaban J connectivity index is 2.83.